The van der Waals surface area contributed by atoms with Gasteiger partial charge >= 0.3 is 0 Å². The Labute approximate surface area is 153 Å². The Morgan fingerprint density at radius 3 is 2.81 bits per heavy atom. The van der Waals surface area contributed by atoms with Crippen molar-refractivity contribution in [3.8, 4) is 5.75 Å². The molecule has 2 rings (SSSR count). The van der Waals surface area contributed by atoms with E-state index >= 15 is 0 Å². The van der Waals surface area contributed by atoms with E-state index in [0.29, 0.717) is 5.75 Å². The summed E-state index contributed by atoms with van der Waals surface area (Å²) in [5.41, 5.74) is 2.42. The fourth-order valence-electron chi connectivity index (χ4n) is 2.30. The summed E-state index contributed by atoms with van der Waals surface area (Å²) in [4.78, 5) is 6.73. The minimum absolute atomic E-state index is 0.371. The highest BCUT2D eigenvalue weighted by molar-refractivity contribution is 5.83. The van der Waals surface area contributed by atoms with Crippen LogP contribution in [0, 0.1) is 0 Å². The van der Waals surface area contributed by atoms with Crippen LogP contribution >= 0.6 is 0 Å². The number of pyridine rings is 1. The SMILES string of the molecule is C=C/C(=C\C=C\N(C)CC)c1ccc2ccc(OC(CO)CF)cc2n1. The fourth-order valence-corrected chi connectivity index (χ4v) is 2.30. The molecule has 138 valence electrons. The van der Waals surface area contributed by atoms with Crippen LogP contribution in [0.5, 0.6) is 5.75 Å². The molecule has 4 nitrogen and oxygen atoms in total. The van der Waals surface area contributed by atoms with Crippen LogP contribution in [0.15, 0.2) is 61.3 Å². The number of aromatic nitrogens is 1. The van der Waals surface area contributed by atoms with Crippen molar-refractivity contribution in [2.24, 2.45) is 0 Å². The van der Waals surface area contributed by atoms with Crippen LogP contribution < -0.4 is 4.74 Å². The second kappa shape index (κ2) is 9.73. The van der Waals surface area contributed by atoms with Crippen LogP contribution in [-0.2, 0) is 0 Å². The predicted octanol–water partition coefficient (Wildman–Crippen LogP) is 3.98. The van der Waals surface area contributed by atoms with Crippen LogP contribution in [0.3, 0.4) is 0 Å². The molecule has 0 spiro atoms. The summed E-state index contributed by atoms with van der Waals surface area (Å²) in [5, 5.41) is 10.0. The molecular formula is C21H25FN2O2. The number of nitrogens with zero attached hydrogens (tertiary/aromatic N) is 2. The molecule has 0 radical (unpaired) electrons. The minimum Gasteiger partial charge on any atom is -0.485 e. The van der Waals surface area contributed by atoms with Crippen molar-refractivity contribution in [2.75, 3.05) is 26.9 Å². The molecule has 0 amide bonds. The lowest BCUT2D eigenvalue weighted by molar-refractivity contribution is 0.0933. The van der Waals surface area contributed by atoms with E-state index in [1.165, 1.54) is 0 Å². The van der Waals surface area contributed by atoms with E-state index in [9.17, 15) is 4.39 Å². The molecule has 1 aromatic carbocycles. The number of rotatable bonds is 9. The van der Waals surface area contributed by atoms with Crippen molar-refractivity contribution in [3.63, 3.8) is 0 Å². The summed E-state index contributed by atoms with van der Waals surface area (Å²) in [6.45, 7) is 5.76. The number of alkyl halides is 1. The number of benzene rings is 1. The smallest absolute Gasteiger partial charge is 0.150 e. The highest BCUT2D eigenvalue weighted by Crippen LogP contribution is 2.23. The molecule has 0 bridgehead atoms. The predicted molar refractivity (Wildman–Crippen MR) is 105 cm³/mol. The van der Waals surface area contributed by atoms with Crippen molar-refractivity contribution < 1.29 is 14.2 Å². The second-order valence-corrected chi connectivity index (χ2v) is 5.87. The number of ether oxygens (including phenoxy) is 1. The molecule has 0 aliphatic heterocycles. The maximum Gasteiger partial charge on any atom is 0.150 e. The van der Waals surface area contributed by atoms with Gasteiger partial charge in [0.05, 0.1) is 17.8 Å². The molecule has 1 N–H and O–H groups in total. The first-order chi connectivity index (χ1) is 12.6. The van der Waals surface area contributed by atoms with E-state index in [1.54, 1.807) is 18.2 Å². The molecule has 1 unspecified atom stereocenters. The van der Waals surface area contributed by atoms with Gasteiger partial charge < -0.3 is 14.7 Å². The Balaban J connectivity index is 2.31. The zero-order valence-electron chi connectivity index (χ0n) is 15.2. The Bertz CT molecular complexity index is 798. The van der Waals surface area contributed by atoms with E-state index in [1.807, 2.05) is 43.6 Å². The van der Waals surface area contributed by atoms with E-state index < -0.39 is 12.8 Å². The lowest BCUT2D eigenvalue weighted by Gasteiger charge is -2.14. The van der Waals surface area contributed by atoms with Crippen molar-refractivity contribution in [1.82, 2.24) is 9.88 Å². The van der Waals surface area contributed by atoms with Gasteiger partial charge in [-0.2, -0.15) is 0 Å². The monoisotopic (exact) mass is 356 g/mol. The van der Waals surface area contributed by atoms with Crippen molar-refractivity contribution >= 4 is 16.5 Å². The van der Waals surface area contributed by atoms with Gasteiger partial charge in [-0.05, 0) is 43.0 Å². The standard InChI is InChI=1S/C21H25FN2O2/c1-4-16(7-6-12-24(3)5-2)20-11-9-17-8-10-18(13-21(17)23-20)26-19(14-22)15-25/h4,6-13,19,25H,1,5,14-15H2,2-3H3/b12-6+,16-7+. The number of halogens is 1. The summed E-state index contributed by atoms with van der Waals surface area (Å²) in [6.07, 6.45) is 6.80. The van der Waals surface area contributed by atoms with Gasteiger partial charge in [-0.1, -0.05) is 24.8 Å². The van der Waals surface area contributed by atoms with Crippen LogP contribution in [0.4, 0.5) is 4.39 Å². The van der Waals surface area contributed by atoms with Crippen molar-refractivity contribution in [2.45, 2.75) is 13.0 Å². The first-order valence-electron chi connectivity index (χ1n) is 8.57. The lowest BCUT2D eigenvalue weighted by atomic mass is 10.1. The molecular weight excluding hydrogens is 331 g/mol. The number of fused-ring (bicyclic) bond motifs is 1. The van der Waals surface area contributed by atoms with Gasteiger partial charge in [0, 0.05) is 25.0 Å². The molecule has 1 atom stereocenters. The Kier molecular flexibility index (Phi) is 7.36. The van der Waals surface area contributed by atoms with Gasteiger partial charge in [-0.3, -0.25) is 0 Å². The third kappa shape index (κ3) is 5.17. The van der Waals surface area contributed by atoms with Crippen molar-refractivity contribution in [3.05, 3.63) is 67.0 Å². The number of aliphatic hydroxyl groups is 1. The molecule has 5 heteroatoms. The molecule has 1 aromatic heterocycles. The Morgan fingerprint density at radius 1 is 1.38 bits per heavy atom. The molecule has 0 saturated carbocycles. The van der Waals surface area contributed by atoms with Crippen molar-refractivity contribution in [1.29, 1.82) is 0 Å². The van der Waals surface area contributed by atoms with E-state index in [-0.39, 0.29) is 6.61 Å². The third-order valence-electron chi connectivity index (χ3n) is 3.97. The summed E-state index contributed by atoms with van der Waals surface area (Å²) in [7, 11) is 2.00. The molecule has 0 aliphatic carbocycles. The summed E-state index contributed by atoms with van der Waals surface area (Å²) in [6, 6.07) is 9.26. The second-order valence-electron chi connectivity index (χ2n) is 5.87. The average Bonchev–Trinajstić information content (AvgIpc) is 2.68. The quantitative estimate of drug-likeness (QED) is 0.691. The first kappa shape index (κ1) is 19.7. The fraction of sp³-hybridized carbons (Fsp3) is 0.286. The van der Waals surface area contributed by atoms with Gasteiger partial charge in [0.1, 0.15) is 18.5 Å². The molecule has 1 heterocycles. The van der Waals surface area contributed by atoms with Gasteiger partial charge in [-0.25, -0.2) is 9.37 Å². The number of hydrogen-bond donors (Lipinski definition) is 1. The normalized spacial score (nSPS) is 13.2. The number of hydrogen-bond acceptors (Lipinski definition) is 4. The van der Waals surface area contributed by atoms with E-state index in [4.69, 9.17) is 9.84 Å². The molecule has 0 saturated heterocycles. The zero-order valence-corrected chi connectivity index (χ0v) is 15.2. The van der Waals surface area contributed by atoms with Crippen LogP contribution in [0.1, 0.15) is 12.6 Å². The largest absolute Gasteiger partial charge is 0.485 e. The maximum atomic E-state index is 12.7. The number of allylic oxidation sites excluding steroid dienone is 4. The lowest BCUT2D eigenvalue weighted by Crippen LogP contribution is -2.23. The molecule has 0 aliphatic rings. The summed E-state index contributed by atoms with van der Waals surface area (Å²) >= 11 is 0. The van der Waals surface area contributed by atoms with Gasteiger partial charge in [0.25, 0.3) is 0 Å². The topological polar surface area (TPSA) is 45.6 Å². The summed E-state index contributed by atoms with van der Waals surface area (Å²) in [5.74, 6) is 0.479. The average molecular weight is 356 g/mol. The minimum atomic E-state index is -0.861. The highest BCUT2D eigenvalue weighted by atomic mass is 19.1. The third-order valence-corrected chi connectivity index (χ3v) is 3.97. The zero-order chi connectivity index (χ0) is 18.9. The maximum absolute atomic E-state index is 12.7. The number of aliphatic hydroxyl groups excluding tert-OH is 1. The first-order valence-corrected chi connectivity index (χ1v) is 8.57. The van der Waals surface area contributed by atoms with Gasteiger partial charge in [-0.15, -0.1) is 0 Å². The Hall–Kier alpha value is -2.66. The highest BCUT2D eigenvalue weighted by Gasteiger charge is 2.09. The van der Waals surface area contributed by atoms with Crippen LogP contribution in [0.25, 0.3) is 16.5 Å². The Morgan fingerprint density at radius 2 is 2.15 bits per heavy atom. The molecule has 2 aromatic rings. The van der Waals surface area contributed by atoms with Gasteiger partial charge in [0.15, 0.2) is 0 Å². The molecule has 0 fully saturated rings. The van der Waals surface area contributed by atoms with Crippen LogP contribution in [-0.4, -0.2) is 48.0 Å². The van der Waals surface area contributed by atoms with Gasteiger partial charge in [0.2, 0.25) is 0 Å². The van der Waals surface area contributed by atoms with E-state index in [0.717, 1.165) is 28.7 Å². The van der Waals surface area contributed by atoms with E-state index in [2.05, 4.69) is 23.4 Å². The summed E-state index contributed by atoms with van der Waals surface area (Å²) < 4.78 is 18.2. The molecule has 26 heavy (non-hydrogen) atoms. The van der Waals surface area contributed by atoms with Crippen LogP contribution in [0.2, 0.25) is 0 Å².